The molecule has 2 rings (SSSR count). The van der Waals surface area contributed by atoms with Crippen molar-refractivity contribution in [3.05, 3.63) is 29.2 Å². The van der Waals surface area contributed by atoms with Gasteiger partial charge in [0, 0.05) is 6.20 Å². The Morgan fingerprint density at radius 2 is 2.21 bits per heavy atom. The van der Waals surface area contributed by atoms with Crippen LogP contribution in [0.15, 0.2) is 18.6 Å². The quantitative estimate of drug-likeness (QED) is 0.767. The van der Waals surface area contributed by atoms with E-state index in [0.29, 0.717) is 10.8 Å². The first-order chi connectivity index (χ1) is 6.68. The molecule has 2 N–H and O–H groups in total. The number of nitrogen functional groups attached to an aromatic ring is 1. The van der Waals surface area contributed by atoms with Crippen LogP contribution in [0.5, 0.6) is 0 Å². The fraction of sp³-hybridized carbons (Fsp3) is 0.125. The van der Waals surface area contributed by atoms with Crippen LogP contribution >= 0.6 is 11.6 Å². The highest BCUT2D eigenvalue weighted by Crippen LogP contribution is 2.19. The summed E-state index contributed by atoms with van der Waals surface area (Å²) in [5, 5.41) is 8.11. The molecule has 2 aromatic rings. The summed E-state index contributed by atoms with van der Waals surface area (Å²) in [7, 11) is 0. The van der Waals surface area contributed by atoms with Crippen molar-refractivity contribution in [1.82, 2.24) is 20.0 Å². The molecule has 0 saturated carbocycles. The maximum Gasteiger partial charge on any atom is 0.166 e. The van der Waals surface area contributed by atoms with Crippen LogP contribution in [0.4, 0.5) is 5.82 Å². The van der Waals surface area contributed by atoms with Gasteiger partial charge in [-0.3, -0.25) is 4.98 Å². The average molecular weight is 210 g/mol. The number of pyridine rings is 1. The van der Waals surface area contributed by atoms with E-state index < -0.39 is 0 Å². The molecule has 0 unspecified atom stereocenters. The lowest BCUT2D eigenvalue weighted by atomic mass is 10.2. The molecule has 0 aliphatic rings. The van der Waals surface area contributed by atoms with Crippen LogP contribution in [0.2, 0.25) is 5.02 Å². The first-order valence-electron chi connectivity index (χ1n) is 3.97. The van der Waals surface area contributed by atoms with Gasteiger partial charge in [-0.25, -0.2) is 4.68 Å². The van der Waals surface area contributed by atoms with E-state index in [1.165, 1.54) is 0 Å². The molecule has 2 aromatic heterocycles. The van der Waals surface area contributed by atoms with E-state index in [2.05, 4.69) is 15.3 Å². The fourth-order valence-electron chi connectivity index (χ4n) is 1.11. The average Bonchev–Trinajstić information content (AvgIpc) is 2.57. The van der Waals surface area contributed by atoms with Crippen molar-refractivity contribution in [3.8, 4) is 5.69 Å². The minimum Gasteiger partial charge on any atom is -0.381 e. The van der Waals surface area contributed by atoms with Crippen molar-refractivity contribution in [1.29, 1.82) is 0 Å². The molecule has 5 nitrogen and oxygen atoms in total. The Morgan fingerprint density at radius 1 is 1.43 bits per heavy atom. The van der Waals surface area contributed by atoms with Gasteiger partial charge < -0.3 is 5.73 Å². The molecule has 0 aliphatic carbocycles. The summed E-state index contributed by atoms with van der Waals surface area (Å²) < 4.78 is 1.55. The number of nitrogens with zero attached hydrogens (tertiary/aromatic N) is 4. The Balaban J connectivity index is 2.57. The lowest BCUT2D eigenvalue weighted by molar-refractivity contribution is 0.795. The van der Waals surface area contributed by atoms with Gasteiger partial charge in [0.1, 0.15) is 0 Å². The number of hydrogen-bond acceptors (Lipinski definition) is 4. The molecule has 2 heterocycles. The number of nitrogens with two attached hydrogens (primary N) is 1. The normalized spacial score (nSPS) is 10.4. The summed E-state index contributed by atoms with van der Waals surface area (Å²) in [5.41, 5.74) is 7.13. The highest BCUT2D eigenvalue weighted by molar-refractivity contribution is 6.31. The second-order valence-electron chi connectivity index (χ2n) is 2.85. The molecule has 72 valence electrons. The zero-order chi connectivity index (χ0) is 10.1. The topological polar surface area (TPSA) is 69.6 Å². The third-order valence-electron chi connectivity index (χ3n) is 1.89. The van der Waals surface area contributed by atoms with Gasteiger partial charge in [-0.05, 0) is 12.5 Å². The molecule has 0 atom stereocenters. The molecule has 0 radical (unpaired) electrons. The monoisotopic (exact) mass is 209 g/mol. The van der Waals surface area contributed by atoms with E-state index in [9.17, 15) is 0 Å². The summed E-state index contributed by atoms with van der Waals surface area (Å²) in [6, 6.07) is 0. The van der Waals surface area contributed by atoms with E-state index >= 15 is 0 Å². The molecule has 0 aromatic carbocycles. The summed E-state index contributed by atoms with van der Waals surface area (Å²) in [5.74, 6) is 0.365. The molecule has 0 fully saturated rings. The first-order valence-corrected chi connectivity index (χ1v) is 4.34. The first kappa shape index (κ1) is 8.96. The maximum absolute atomic E-state index is 5.92. The number of aromatic nitrogens is 4. The second-order valence-corrected chi connectivity index (χ2v) is 3.26. The van der Waals surface area contributed by atoms with Gasteiger partial charge in [-0.2, -0.15) is 0 Å². The Morgan fingerprint density at radius 3 is 2.86 bits per heavy atom. The van der Waals surface area contributed by atoms with Gasteiger partial charge in [0.2, 0.25) is 0 Å². The van der Waals surface area contributed by atoms with E-state index in [4.69, 9.17) is 17.3 Å². The van der Waals surface area contributed by atoms with Gasteiger partial charge in [-0.15, -0.1) is 5.10 Å². The third kappa shape index (κ3) is 1.42. The van der Waals surface area contributed by atoms with Crippen LogP contribution in [0.3, 0.4) is 0 Å². The van der Waals surface area contributed by atoms with Gasteiger partial charge in [0.05, 0.1) is 23.1 Å². The Bertz CT molecular complexity index is 465. The van der Waals surface area contributed by atoms with Crippen LogP contribution in [0.1, 0.15) is 5.56 Å². The van der Waals surface area contributed by atoms with Crippen molar-refractivity contribution in [2.75, 3.05) is 5.73 Å². The summed E-state index contributed by atoms with van der Waals surface area (Å²) in [4.78, 5) is 3.97. The number of hydrogen-bond donors (Lipinski definition) is 1. The predicted octanol–water partition coefficient (Wildman–Crippen LogP) is 1.21. The number of anilines is 1. The Kier molecular flexibility index (Phi) is 2.09. The van der Waals surface area contributed by atoms with Gasteiger partial charge in [-0.1, -0.05) is 16.8 Å². The SMILES string of the molecule is Cc1c(Cl)cncc1-n1cc(N)nn1. The zero-order valence-electron chi connectivity index (χ0n) is 7.48. The van der Waals surface area contributed by atoms with Crippen LogP contribution in [-0.4, -0.2) is 20.0 Å². The summed E-state index contributed by atoms with van der Waals surface area (Å²) in [6.07, 6.45) is 4.86. The van der Waals surface area contributed by atoms with Crippen molar-refractivity contribution < 1.29 is 0 Å². The standard InChI is InChI=1S/C8H8ClN5/c1-5-6(9)2-11-3-7(5)14-4-8(10)12-13-14/h2-4H,10H2,1H3. The van der Waals surface area contributed by atoms with E-state index in [1.54, 1.807) is 23.3 Å². The fourth-order valence-corrected chi connectivity index (χ4v) is 1.27. The third-order valence-corrected chi connectivity index (χ3v) is 2.27. The molecular formula is C8H8ClN5. The lowest BCUT2D eigenvalue weighted by Gasteiger charge is -2.04. The molecule has 6 heteroatoms. The molecular weight excluding hydrogens is 202 g/mol. The van der Waals surface area contributed by atoms with E-state index in [-0.39, 0.29) is 0 Å². The minimum atomic E-state index is 0.365. The highest BCUT2D eigenvalue weighted by atomic mass is 35.5. The maximum atomic E-state index is 5.92. The van der Waals surface area contributed by atoms with Gasteiger partial charge in [0.25, 0.3) is 0 Å². The van der Waals surface area contributed by atoms with Crippen molar-refractivity contribution in [3.63, 3.8) is 0 Å². The smallest absolute Gasteiger partial charge is 0.166 e. The van der Waals surface area contributed by atoms with Crippen LogP contribution in [-0.2, 0) is 0 Å². The molecule has 0 spiro atoms. The molecule has 0 amide bonds. The largest absolute Gasteiger partial charge is 0.381 e. The Hall–Kier alpha value is -1.62. The number of halogens is 1. The van der Waals surface area contributed by atoms with Crippen molar-refractivity contribution in [2.24, 2.45) is 0 Å². The number of rotatable bonds is 1. The highest BCUT2D eigenvalue weighted by Gasteiger charge is 2.06. The molecule has 0 bridgehead atoms. The molecule has 0 aliphatic heterocycles. The van der Waals surface area contributed by atoms with Crippen LogP contribution in [0, 0.1) is 6.92 Å². The Labute approximate surface area is 85.5 Å². The van der Waals surface area contributed by atoms with Crippen molar-refractivity contribution >= 4 is 17.4 Å². The lowest BCUT2D eigenvalue weighted by Crippen LogP contribution is -1.99. The van der Waals surface area contributed by atoms with Crippen molar-refractivity contribution in [2.45, 2.75) is 6.92 Å². The molecule has 14 heavy (non-hydrogen) atoms. The molecule has 0 saturated heterocycles. The minimum absolute atomic E-state index is 0.365. The van der Waals surface area contributed by atoms with E-state index in [1.807, 2.05) is 6.92 Å². The zero-order valence-corrected chi connectivity index (χ0v) is 8.23. The second kappa shape index (κ2) is 3.26. The van der Waals surface area contributed by atoms with Crippen LogP contribution in [0.25, 0.3) is 5.69 Å². The van der Waals surface area contributed by atoms with E-state index in [0.717, 1.165) is 11.3 Å². The van der Waals surface area contributed by atoms with Crippen LogP contribution < -0.4 is 5.73 Å². The summed E-state index contributed by atoms with van der Waals surface area (Å²) in [6.45, 7) is 1.89. The summed E-state index contributed by atoms with van der Waals surface area (Å²) >= 11 is 5.92. The predicted molar refractivity (Wildman–Crippen MR) is 53.3 cm³/mol. The van der Waals surface area contributed by atoms with Gasteiger partial charge in [0.15, 0.2) is 5.82 Å². The van der Waals surface area contributed by atoms with Gasteiger partial charge >= 0.3 is 0 Å².